The van der Waals surface area contributed by atoms with Crippen molar-refractivity contribution in [3.8, 4) is 0 Å². The van der Waals surface area contributed by atoms with Crippen LogP contribution in [0, 0.1) is 11.6 Å². The average Bonchev–Trinajstić information content (AvgIpc) is 4.12. The van der Waals surface area contributed by atoms with Crippen LogP contribution in [0.1, 0.15) is 69.6 Å². The standard InChI is InChI=1S/C42H42F2N6O6/c43-33-17-29-35(49(27-5-6-27)23-31(39(29)51)41(53)54)19-37(33)47-13-9-45(10-14-47)21-25-1-2-26(4-3-25)22-46-11-15-48(16-12-46)38-20-36-30(18-34(38)44)40(52)32(42(55)56)24-50(36)28-7-8-28/h1-4,17-20,23-24,27-28H,5-16,21-22H2,(H,53,54)(H,55,56). The van der Waals surface area contributed by atoms with Crippen LogP contribution >= 0.6 is 0 Å². The predicted molar refractivity (Wildman–Crippen MR) is 208 cm³/mol. The van der Waals surface area contributed by atoms with Crippen LogP contribution in [-0.4, -0.2) is 93.4 Å². The molecule has 2 aliphatic heterocycles. The molecule has 0 spiro atoms. The number of carbonyl (C=O) groups is 2. The quantitative estimate of drug-likeness (QED) is 0.193. The number of pyridine rings is 2. The van der Waals surface area contributed by atoms with Crippen molar-refractivity contribution < 1.29 is 28.6 Å². The predicted octanol–water partition coefficient (Wildman–Crippen LogP) is 5.31. The molecular formula is C42H42F2N6O6. The highest BCUT2D eigenvalue weighted by atomic mass is 19.1. The zero-order chi connectivity index (χ0) is 38.8. The highest BCUT2D eigenvalue weighted by molar-refractivity contribution is 5.94. The molecule has 9 rings (SSSR count). The number of hydrogen-bond donors (Lipinski definition) is 2. The number of anilines is 2. The van der Waals surface area contributed by atoms with Gasteiger partial charge in [-0.2, -0.15) is 0 Å². The van der Waals surface area contributed by atoms with E-state index in [0.717, 1.165) is 65.0 Å². The summed E-state index contributed by atoms with van der Waals surface area (Å²) in [5, 5.41) is 19.3. The van der Waals surface area contributed by atoms with Crippen LogP contribution in [0.25, 0.3) is 21.8 Å². The summed E-state index contributed by atoms with van der Waals surface area (Å²) < 4.78 is 34.6. The lowest BCUT2D eigenvalue weighted by Gasteiger charge is -2.37. The summed E-state index contributed by atoms with van der Waals surface area (Å²) in [6.07, 6.45) is 6.38. The molecule has 2 N–H and O–H groups in total. The van der Waals surface area contributed by atoms with Gasteiger partial charge in [0.05, 0.1) is 22.4 Å². The van der Waals surface area contributed by atoms with Crippen LogP contribution in [0.15, 0.2) is 70.5 Å². The van der Waals surface area contributed by atoms with Crippen molar-refractivity contribution in [1.29, 1.82) is 0 Å². The second-order valence-corrected chi connectivity index (χ2v) is 15.6. The van der Waals surface area contributed by atoms with E-state index >= 15 is 8.78 Å². The van der Waals surface area contributed by atoms with E-state index in [-0.39, 0.29) is 34.0 Å². The van der Waals surface area contributed by atoms with Gasteiger partial charge < -0.3 is 29.1 Å². The number of piperazine rings is 2. The van der Waals surface area contributed by atoms with E-state index in [1.165, 1.54) is 35.7 Å². The molecule has 2 aliphatic carbocycles. The maximum atomic E-state index is 15.5. The van der Waals surface area contributed by atoms with Gasteiger partial charge in [-0.15, -0.1) is 0 Å². The van der Waals surface area contributed by atoms with Crippen molar-refractivity contribution in [2.75, 3.05) is 62.2 Å². The van der Waals surface area contributed by atoms with E-state index in [2.05, 4.69) is 34.1 Å². The Bertz CT molecular complexity index is 2340. The number of halogens is 2. The Morgan fingerprint density at radius 2 is 0.929 bits per heavy atom. The minimum atomic E-state index is -1.31. The van der Waals surface area contributed by atoms with E-state index in [0.29, 0.717) is 48.6 Å². The Labute approximate surface area is 320 Å². The molecule has 290 valence electrons. The van der Waals surface area contributed by atoms with Gasteiger partial charge in [-0.3, -0.25) is 19.4 Å². The minimum absolute atomic E-state index is 0.0981. The molecule has 12 nitrogen and oxygen atoms in total. The number of benzene rings is 3. The number of carboxylic acid groups (broad SMARTS) is 2. The molecule has 0 amide bonds. The van der Waals surface area contributed by atoms with Gasteiger partial charge in [-0.05, 0) is 61.1 Å². The first-order valence-electron chi connectivity index (χ1n) is 19.3. The lowest BCUT2D eigenvalue weighted by Crippen LogP contribution is -2.46. The third-order valence-electron chi connectivity index (χ3n) is 11.8. The number of hydrogen-bond acceptors (Lipinski definition) is 8. The molecule has 56 heavy (non-hydrogen) atoms. The van der Waals surface area contributed by atoms with Crippen LogP contribution < -0.4 is 20.7 Å². The summed E-state index contributed by atoms with van der Waals surface area (Å²) >= 11 is 0. The van der Waals surface area contributed by atoms with Gasteiger partial charge >= 0.3 is 11.9 Å². The van der Waals surface area contributed by atoms with E-state index in [9.17, 15) is 29.4 Å². The second-order valence-electron chi connectivity index (χ2n) is 15.6. The normalized spacial score (nSPS) is 18.2. The number of carboxylic acids is 2. The van der Waals surface area contributed by atoms with E-state index in [1.54, 1.807) is 12.1 Å². The van der Waals surface area contributed by atoms with Crippen LogP contribution in [0.5, 0.6) is 0 Å². The molecule has 14 heteroatoms. The molecule has 0 unspecified atom stereocenters. The van der Waals surface area contributed by atoms with Gasteiger partial charge in [0, 0.05) is 101 Å². The maximum Gasteiger partial charge on any atom is 0.341 e. The molecule has 2 saturated carbocycles. The van der Waals surface area contributed by atoms with Crippen LogP contribution in [0.3, 0.4) is 0 Å². The number of nitrogens with zero attached hydrogens (tertiary/aromatic N) is 6. The van der Waals surface area contributed by atoms with Crippen molar-refractivity contribution in [2.45, 2.75) is 50.9 Å². The van der Waals surface area contributed by atoms with Crippen molar-refractivity contribution in [1.82, 2.24) is 18.9 Å². The fraction of sp³-hybridized carbons (Fsp3) is 0.381. The first-order chi connectivity index (χ1) is 27.0. The molecule has 4 aliphatic rings. The van der Waals surface area contributed by atoms with Gasteiger partial charge in [-0.25, -0.2) is 18.4 Å². The highest BCUT2D eigenvalue weighted by Gasteiger charge is 2.30. The molecule has 4 fully saturated rings. The third kappa shape index (κ3) is 6.81. The molecule has 3 aromatic carbocycles. The van der Waals surface area contributed by atoms with E-state index in [1.807, 2.05) is 18.9 Å². The lowest BCUT2D eigenvalue weighted by atomic mass is 10.1. The zero-order valence-electron chi connectivity index (χ0n) is 30.8. The molecule has 2 saturated heterocycles. The Balaban J connectivity index is 0.804. The van der Waals surface area contributed by atoms with Crippen LogP contribution in [0.4, 0.5) is 20.2 Å². The van der Waals surface area contributed by atoms with Gasteiger partial charge in [-0.1, -0.05) is 24.3 Å². The Morgan fingerprint density at radius 3 is 1.25 bits per heavy atom. The average molecular weight is 765 g/mol. The Hall–Kier alpha value is -5.60. The van der Waals surface area contributed by atoms with Gasteiger partial charge in [0.1, 0.15) is 22.8 Å². The number of aromatic carboxylic acids is 2. The molecular weight excluding hydrogens is 722 g/mol. The second kappa shape index (κ2) is 14.2. The third-order valence-corrected chi connectivity index (χ3v) is 11.8. The summed E-state index contributed by atoms with van der Waals surface area (Å²) in [6.45, 7) is 6.90. The monoisotopic (exact) mass is 764 g/mol. The highest BCUT2D eigenvalue weighted by Crippen LogP contribution is 2.39. The van der Waals surface area contributed by atoms with Crippen molar-refractivity contribution in [3.05, 3.63) is 115 Å². The number of aromatic nitrogens is 2. The number of fused-ring (bicyclic) bond motifs is 2. The summed E-state index contributed by atoms with van der Waals surface area (Å²) in [4.78, 5) is 57.9. The molecule has 0 atom stereocenters. The molecule has 4 heterocycles. The first kappa shape index (κ1) is 36.1. The van der Waals surface area contributed by atoms with E-state index < -0.39 is 34.4 Å². The molecule has 0 radical (unpaired) electrons. The minimum Gasteiger partial charge on any atom is -0.477 e. The molecule has 5 aromatic rings. The molecule has 0 bridgehead atoms. The largest absolute Gasteiger partial charge is 0.477 e. The SMILES string of the molecule is O=C(O)c1cn(C2CC2)c2cc(N3CCN(Cc4ccc(CN5CCN(c6cc7c(cc6F)c(=O)c(C(=O)O)cn7C6CC6)CC5)cc4)CC3)c(F)cc2c1=O. The van der Waals surface area contributed by atoms with Crippen molar-refractivity contribution >= 4 is 45.1 Å². The summed E-state index contributed by atoms with van der Waals surface area (Å²) in [5.41, 5.74) is 2.36. The summed E-state index contributed by atoms with van der Waals surface area (Å²) in [7, 11) is 0. The first-order valence-corrected chi connectivity index (χ1v) is 19.3. The van der Waals surface area contributed by atoms with Gasteiger partial charge in [0.2, 0.25) is 10.9 Å². The number of rotatable bonds is 10. The topological polar surface area (TPSA) is 132 Å². The van der Waals surface area contributed by atoms with Crippen molar-refractivity contribution in [2.24, 2.45) is 0 Å². The van der Waals surface area contributed by atoms with E-state index in [4.69, 9.17) is 0 Å². The maximum absolute atomic E-state index is 15.5. The lowest BCUT2D eigenvalue weighted by molar-refractivity contribution is 0.0684. The Kier molecular flexibility index (Phi) is 9.12. The van der Waals surface area contributed by atoms with Crippen LogP contribution in [0.2, 0.25) is 0 Å². The zero-order valence-corrected chi connectivity index (χ0v) is 30.8. The summed E-state index contributed by atoms with van der Waals surface area (Å²) in [6, 6.07) is 14.6. The Morgan fingerprint density at radius 1 is 0.571 bits per heavy atom. The summed E-state index contributed by atoms with van der Waals surface area (Å²) in [5.74, 6) is -3.66. The fourth-order valence-corrected chi connectivity index (χ4v) is 8.38. The fourth-order valence-electron chi connectivity index (χ4n) is 8.38. The van der Waals surface area contributed by atoms with Gasteiger partial charge in [0.25, 0.3) is 0 Å². The van der Waals surface area contributed by atoms with Gasteiger partial charge in [0.15, 0.2) is 0 Å². The molecule has 2 aromatic heterocycles. The smallest absolute Gasteiger partial charge is 0.341 e. The van der Waals surface area contributed by atoms with Crippen LogP contribution in [-0.2, 0) is 13.1 Å². The van der Waals surface area contributed by atoms with Crippen molar-refractivity contribution in [3.63, 3.8) is 0 Å².